The van der Waals surface area contributed by atoms with Crippen molar-refractivity contribution in [3.05, 3.63) is 40.8 Å². The lowest BCUT2D eigenvalue weighted by molar-refractivity contribution is 0.502. The van der Waals surface area contributed by atoms with Crippen molar-refractivity contribution in [3.8, 4) is 0 Å². The van der Waals surface area contributed by atoms with Gasteiger partial charge in [0.25, 0.3) is 0 Å². The SMILES string of the molecule is CNCC1=C(c2cccc3sccc23)[C@H]2CCC(C1)C2.Cl. The number of likely N-dealkylation sites (N-methyl/N-ethyl adjacent to an activating group) is 1. The predicted octanol–water partition coefficient (Wildman–Crippen LogP) is 5.12. The summed E-state index contributed by atoms with van der Waals surface area (Å²) < 4.78 is 1.43. The largest absolute Gasteiger partial charge is 0.316 e. The summed E-state index contributed by atoms with van der Waals surface area (Å²) in [6.45, 7) is 1.06. The third-order valence-electron chi connectivity index (χ3n) is 5.04. The van der Waals surface area contributed by atoms with Gasteiger partial charge in [0.15, 0.2) is 0 Å². The first-order chi connectivity index (χ1) is 9.86. The molecule has 0 amide bonds. The summed E-state index contributed by atoms with van der Waals surface area (Å²) in [7, 11) is 2.08. The van der Waals surface area contributed by atoms with Crippen molar-refractivity contribution in [2.24, 2.45) is 11.8 Å². The van der Waals surface area contributed by atoms with E-state index in [0.717, 1.165) is 18.4 Å². The minimum Gasteiger partial charge on any atom is -0.316 e. The van der Waals surface area contributed by atoms with E-state index in [1.165, 1.54) is 41.3 Å². The number of thiophene rings is 1. The molecule has 4 rings (SSSR count). The zero-order valence-corrected chi connectivity index (χ0v) is 14.0. The van der Waals surface area contributed by atoms with Gasteiger partial charge in [-0.15, -0.1) is 23.7 Å². The first-order valence-electron chi connectivity index (χ1n) is 7.70. The molecule has 2 aliphatic carbocycles. The highest BCUT2D eigenvalue weighted by Crippen LogP contribution is 2.50. The molecule has 2 bridgehead atoms. The number of hydrogen-bond acceptors (Lipinski definition) is 2. The van der Waals surface area contributed by atoms with Gasteiger partial charge >= 0.3 is 0 Å². The number of benzene rings is 1. The Labute approximate surface area is 136 Å². The average molecular weight is 320 g/mol. The van der Waals surface area contributed by atoms with Crippen LogP contribution < -0.4 is 5.32 Å². The Morgan fingerprint density at radius 2 is 2.14 bits per heavy atom. The molecule has 1 unspecified atom stereocenters. The number of fused-ring (bicyclic) bond motifs is 3. The van der Waals surface area contributed by atoms with Gasteiger partial charge in [-0.25, -0.2) is 0 Å². The van der Waals surface area contributed by atoms with Crippen LogP contribution in [0.25, 0.3) is 15.7 Å². The van der Waals surface area contributed by atoms with Gasteiger partial charge in [0, 0.05) is 11.2 Å². The third-order valence-corrected chi connectivity index (χ3v) is 5.92. The standard InChI is InChI=1S/C18H21NS.ClH/c1-19-11-14-10-12-5-6-13(9-12)18(14)16-3-2-4-17-15(16)7-8-20-17;/h2-4,7-8,12-13,19H,5-6,9-11H2,1H3;1H/t12?,13-;/m0./s1. The maximum absolute atomic E-state index is 3.39. The molecule has 1 heterocycles. The summed E-state index contributed by atoms with van der Waals surface area (Å²) in [5.74, 6) is 1.76. The predicted molar refractivity (Wildman–Crippen MR) is 95.4 cm³/mol. The fraction of sp³-hybridized carbons (Fsp3) is 0.444. The molecule has 1 nitrogen and oxygen atoms in total. The Kier molecular flexibility index (Phi) is 4.39. The van der Waals surface area contributed by atoms with Crippen LogP contribution in [0.2, 0.25) is 0 Å². The molecule has 2 atom stereocenters. The highest BCUT2D eigenvalue weighted by atomic mass is 35.5. The Morgan fingerprint density at radius 3 is 3.00 bits per heavy atom. The van der Waals surface area contributed by atoms with E-state index in [2.05, 4.69) is 42.0 Å². The molecule has 1 aromatic carbocycles. The van der Waals surface area contributed by atoms with Crippen LogP contribution >= 0.6 is 23.7 Å². The molecule has 112 valence electrons. The summed E-state index contributed by atoms with van der Waals surface area (Å²) in [4.78, 5) is 0. The molecule has 0 saturated heterocycles. The van der Waals surface area contributed by atoms with Gasteiger partial charge in [-0.05, 0) is 78.6 Å². The van der Waals surface area contributed by atoms with Crippen molar-refractivity contribution in [2.75, 3.05) is 13.6 Å². The molecule has 0 spiro atoms. The van der Waals surface area contributed by atoms with E-state index in [9.17, 15) is 0 Å². The maximum atomic E-state index is 3.39. The van der Waals surface area contributed by atoms with Crippen molar-refractivity contribution >= 4 is 39.4 Å². The fourth-order valence-electron chi connectivity index (χ4n) is 4.29. The molecule has 2 aliphatic rings. The van der Waals surface area contributed by atoms with Crippen LogP contribution in [0.5, 0.6) is 0 Å². The number of nitrogens with one attached hydrogen (secondary N) is 1. The van der Waals surface area contributed by atoms with Crippen LogP contribution in [0.4, 0.5) is 0 Å². The first kappa shape index (κ1) is 15.1. The fourth-order valence-corrected chi connectivity index (χ4v) is 5.10. The number of rotatable bonds is 3. The molecule has 21 heavy (non-hydrogen) atoms. The lowest BCUT2D eigenvalue weighted by Gasteiger charge is -2.27. The second-order valence-corrected chi connectivity index (χ2v) is 7.21. The zero-order valence-electron chi connectivity index (χ0n) is 12.4. The van der Waals surface area contributed by atoms with Crippen LogP contribution in [-0.2, 0) is 0 Å². The van der Waals surface area contributed by atoms with E-state index in [-0.39, 0.29) is 12.4 Å². The van der Waals surface area contributed by atoms with E-state index in [0.29, 0.717) is 0 Å². The van der Waals surface area contributed by atoms with E-state index in [4.69, 9.17) is 0 Å². The van der Waals surface area contributed by atoms with Crippen molar-refractivity contribution in [1.82, 2.24) is 5.32 Å². The van der Waals surface area contributed by atoms with Crippen molar-refractivity contribution in [2.45, 2.75) is 25.7 Å². The van der Waals surface area contributed by atoms with E-state index >= 15 is 0 Å². The number of hydrogen-bond donors (Lipinski definition) is 1. The van der Waals surface area contributed by atoms with Crippen LogP contribution in [0, 0.1) is 11.8 Å². The average Bonchev–Trinajstić information content (AvgIpc) is 3.07. The van der Waals surface area contributed by atoms with Crippen LogP contribution in [0.15, 0.2) is 35.2 Å². The highest BCUT2D eigenvalue weighted by molar-refractivity contribution is 7.17. The Bertz CT molecular complexity index is 673. The first-order valence-corrected chi connectivity index (χ1v) is 8.58. The van der Waals surface area contributed by atoms with Gasteiger partial charge in [-0.3, -0.25) is 0 Å². The topological polar surface area (TPSA) is 12.0 Å². The van der Waals surface area contributed by atoms with E-state index < -0.39 is 0 Å². The van der Waals surface area contributed by atoms with Crippen LogP contribution in [0.3, 0.4) is 0 Å². The Morgan fingerprint density at radius 1 is 1.24 bits per heavy atom. The molecular formula is C18H22ClNS. The molecule has 3 heteroatoms. The zero-order chi connectivity index (χ0) is 13.5. The molecular weight excluding hydrogens is 298 g/mol. The maximum Gasteiger partial charge on any atom is 0.0348 e. The molecule has 2 aromatic rings. The van der Waals surface area contributed by atoms with E-state index in [1.54, 1.807) is 11.1 Å². The second-order valence-electron chi connectivity index (χ2n) is 6.27. The Hall–Kier alpha value is -0.830. The number of allylic oxidation sites excluding steroid dienone is 1. The highest BCUT2D eigenvalue weighted by Gasteiger charge is 2.35. The lowest BCUT2D eigenvalue weighted by atomic mass is 9.79. The van der Waals surface area contributed by atoms with Crippen molar-refractivity contribution in [1.29, 1.82) is 0 Å². The van der Waals surface area contributed by atoms with Gasteiger partial charge in [-0.1, -0.05) is 17.7 Å². The van der Waals surface area contributed by atoms with Gasteiger partial charge in [0.05, 0.1) is 0 Å². The van der Waals surface area contributed by atoms with Gasteiger partial charge in [0.2, 0.25) is 0 Å². The van der Waals surface area contributed by atoms with Crippen LogP contribution in [0.1, 0.15) is 31.2 Å². The summed E-state index contributed by atoms with van der Waals surface area (Å²) in [5, 5.41) is 7.09. The number of halogens is 1. The molecule has 1 aromatic heterocycles. The van der Waals surface area contributed by atoms with Gasteiger partial charge in [-0.2, -0.15) is 0 Å². The van der Waals surface area contributed by atoms with E-state index in [1.807, 2.05) is 11.3 Å². The summed E-state index contributed by atoms with van der Waals surface area (Å²) in [5.41, 5.74) is 4.86. The normalized spacial score (nSPS) is 24.4. The molecule has 0 aliphatic heterocycles. The summed E-state index contributed by atoms with van der Waals surface area (Å²) >= 11 is 1.86. The monoisotopic (exact) mass is 319 g/mol. The minimum absolute atomic E-state index is 0. The molecule has 1 N–H and O–H groups in total. The molecule has 1 fully saturated rings. The summed E-state index contributed by atoms with van der Waals surface area (Å²) in [6, 6.07) is 9.14. The van der Waals surface area contributed by atoms with Crippen molar-refractivity contribution < 1.29 is 0 Å². The van der Waals surface area contributed by atoms with Crippen LogP contribution in [-0.4, -0.2) is 13.6 Å². The quantitative estimate of drug-likeness (QED) is 0.828. The second kappa shape index (κ2) is 6.12. The van der Waals surface area contributed by atoms with Gasteiger partial charge in [0.1, 0.15) is 0 Å². The smallest absolute Gasteiger partial charge is 0.0348 e. The minimum atomic E-state index is 0. The van der Waals surface area contributed by atoms with Crippen molar-refractivity contribution in [3.63, 3.8) is 0 Å². The lowest BCUT2D eigenvalue weighted by Crippen LogP contribution is -2.19. The molecule has 1 saturated carbocycles. The summed E-state index contributed by atoms with van der Waals surface area (Å²) in [6.07, 6.45) is 5.56. The third kappa shape index (κ3) is 2.54. The van der Waals surface area contributed by atoms with Gasteiger partial charge < -0.3 is 5.32 Å². The molecule has 0 radical (unpaired) electrons. The Balaban J connectivity index is 0.00000132.